The second kappa shape index (κ2) is 6.90. The Hall–Kier alpha value is -0.870. The van der Waals surface area contributed by atoms with Crippen molar-refractivity contribution in [2.75, 3.05) is 13.1 Å². The lowest BCUT2D eigenvalue weighted by Crippen LogP contribution is -2.39. The maximum Gasteiger partial charge on any atom is 0.222 e. The van der Waals surface area contributed by atoms with E-state index < -0.39 is 0 Å². The highest BCUT2D eigenvalue weighted by atomic mass is 32.1. The van der Waals surface area contributed by atoms with E-state index in [0.717, 1.165) is 45.2 Å². The van der Waals surface area contributed by atoms with Gasteiger partial charge in [-0.15, -0.1) is 11.3 Å². The molecule has 1 fully saturated rings. The van der Waals surface area contributed by atoms with Crippen molar-refractivity contribution in [1.82, 2.24) is 4.90 Å². The predicted molar refractivity (Wildman–Crippen MR) is 75.7 cm³/mol. The van der Waals surface area contributed by atoms with Crippen molar-refractivity contribution in [1.29, 1.82) is 0 Å². The standard InChI is InChI=1S/C14H22N2OS/c15-12-5-1-2-9-16(11-12)14(17)8-3-6-13-7-4-10-18-13/h4,7,10,12H,1-3,5-6,8-9,11,15H2/t12-/m1/s1. The van der Waals surface area contributed by atoms with E-state index in [1.54, 1.807) is 11.3 Å². The number of carbonyl (C=O) groups excluding carboxylic acids is 1. The monoisotopic (exact) mass is 266 g/mol. The molecular formula is C14H22N2OS. The Balaban J connectivity index is 1.73. The Labute approximate surface area is 113 Å². The van der Waals surface area contributed by atoms with Gasteiger partial charge in [0, 0.05) is 30.4 Å². The summed E-state index contributed by atoms with van der Waals surface area (Å²) in [7, 11) is 0. The SMILES string of the molecule is N[C@@H]1CCCCN(C(=O)CCCc2cccs2)C1. The van der Waals surface area contributed by atoms with Crippen molar-refractivity contribution in [3.05, 3.63) is 22.4 Å². The van der Waals surface area contributed by atoms with Crippen LogP contribution >= 0.6 is 11.3 Å². The van der Waals surface area contributed by atoms with Crippen molar-refractivity contribution in [2.45, 2.75) is 44.6 Å². The van der Waals surface area contributed by atoms with E-state index in [9.17, 15) is 4.79 Å². The second-order valence-corrected chi connectivity index (χ2v) is 6.06. The molecule has 1 amide bonds. The van der Waals surface area contributed by atoms with E-state index >= 15 is 0 Å². The summed E-state index contributed by atoms with van der Waals surface area (Å²) in [6.07, 6.45) is 5.93. The van der Waals surface area contributed by atoms with Crippen LogP contribution < -0.4 is 5.73 Å². The lowest BCUT2D eigenvalue weighted by Gasteiger charge is -2.22. The van der Waals surface area contributed by atoms with Crippen LogP contribution in [0.3, 0.4) is 0 Å². The molecule has 0 aromatic carbocycles. The van der Waals surface area contributed by atoms with E-state index in [0.29, 0.717) is 6.42 Å². The van der Waals surface area contributed by atoms with Gasteiger partial charge in [0.15, 0.2) is 0 Å². The van der Waals surface area contributed by atoms with Crippen LogP contribution in [-0.2, 0) is 11.2 Å². The lowest BCUT2D eigenvalue weighted by atomic mass is 10.1. The first-order valence-electron chi connectivity index (χ1n) is 6.81. The zero-order chi connectivity index (χ0) is 12.8. The summed E-state index contributed by atoms with van der Waals surface area (Å²) in [5, 5.41) is 2.09. The van der Waals surface area contributed by atoms with Crippen molar-refractivity contribution in [3.63, 3.8) is 0 Å². The minimum atomic E-state index is 0.175. The first-order chi connectivity index (χ1) is 8.75. The topological polar surface area (TPSA) is 46.3 Å². The minimum Gasteiger partial charge on any atom is -0.341 e. The van der Waals surface area contributed by atoms with Crippen LogP contribution in [0.15, 0.2) is 17.5 Å². The number of hydrogen-bond acceptors (Lipinski definition) is 3. The summed E-state index contributed by atoms with van der Waals surface area (Å²) in [6.45, 7) is 1.64. The number of rotatable bonds is 4. The van der Waals surface area contributed by atoms with Gasteiger partial charge in [-0.3, -0.25) is 4.79 Å². The molecule has 18 heavy (non-hydrogen) atoms. The molecule has 0 radical (unpaired) electrons. The van der Waals surface area contributed by atoms with Crippen LogP contribution in [0.1, 0.15) is 37.0 Å². The molecule has 3 nitrogen and oxygen atoms in total. The van der Waals surface area contributed by atoms with E-state index in [2.05, 4.69) is 17.5 Å². The zero-order valence-electron chi connectivity index (χ0n) is 10.8. The van der Waals surface area contributed by atoms with Crippen molar-refractivity contribution in [2.24, 2.45) is 5.73 Å². The smallest absolute Gasteiger partial charge is 0.222 e. The molecule has 0 spiro atoms. The highest BCUT2D eigenvalue weighted by Gasteiger charge is 2.19. The van der Waals surface area contributed by atoms with Crippen LogP contribution in [0.4, 0.5) is 0 Å². The molecule has 4 heteroatoms. The fourth-order valence-corrected chi connectivity index (χ4v) is 3.18. The van der Waals surface area contributed by atoms with E-state index in [1.165, 1.54) is 4.88 Å². The van der Waals surface area contributed by atoms with Crippen molar-refractivity contribution in [3.8, 4) is 0 Å². The van der Waals surface area contributed by atoms with Gasteiger partial charge in [0.2, 0.25) is 5.91 Å². The molecule has 1 aromatic heterocycles. The summed E-state index contributed by atoms with van der Waals surface area (Å²) in [6, 6.07) is 4.38. The highest BCUT2D eigenvalue weighted by molar-refractivity contribution is 7.09. The molecule has 2 rings (SSSR count). The number of thiophene rings is 1. The third kappa shape index (κ3) is 4.10. The molecule has 2 N–H and O–H groups in total. The molecule has 1 aliphatic rings. The average Bonchev–Trinajstić information content (AvgIpc) is 2.77. The third-order valence-electron chi connectivity index (χ3n) is 3.45. The third-order valence-corrected chi connectivity index (χ3v) is 4.39. The van der Waals surface area contributed by atoms with E-state index in [-0.39, 0.29) is 11.9 Å². The molecule has 1 atom stereocenters. The summed E-state index contributed by atoms with van der Waals surface area (Å²) >= 11 is 1.77. The molecule has 0 saturated carbocycles. The molecular weight excluding hydrogens is 244 g/mol. The number of likely N-dealkylation sites (tertiary alicyclic amines) is 1. The Morgan fingerprint density at radius 2 is 2.39 bits per heavy atom. The molecule has 100 valence electrons. The Bertz CT molecular complexity index is 364. The Morgan fingerprint density at radius 3 is 3.17 bits per heavy atom. The van der Waals surface area contributed by atoms with Gasteiger partial charge in [0.25, 0.3) is 0 Å². The van der Waals surface area contributed by atoms with Crippen molar-refractivity contribution >= 4 is 17.2 Å². The first kappa shape index (κ1) is 13.6. The fraction of sp³-hybridized carbons (Fsp3) is 0.643. The quantitative estimate of drug-likeness (QED) is 0.909. The Kier molecular flexibility index (Phi) is 5.20. The molecule has 1 aliphatic heterocycles. The predicted octanol–water partition coefficient (Wildman–Crippen LogP) is 2.41. The molecule has 2 heterocycles. The molecule has 0 unspecified atom stereocenters. The minimum absolute atomic E-state index is 0.175. The summed E-state index contributed by atoms with van der Waals surface area (Å²) in [5.41, 5.74) is 5.98. The van der Waals surface area contributed by atoms with Gasteiger partial charge in [-0.25, -0.2) is 0 Å². The average molecular weight is 266 g/mol. The molecule has 1 aromatic rings. The van der Waals surface area contributed by atoms with Gasteiger partial charge in [-0.2, -0.15) is 0 Å². The molecule has 1 saturated heterocycles. The maximum atomic E-state index is 12.1. The van der Waals surface area contributed by atoms with Gasteiger partial charge < -0.3 is 10.6 Å². The largest absolute Gasteiger partial charge is 0.341 e. The first-order valence-corrected chi connectivity index (χ1v) is 7.69. The van der Waals surface area contributed by atoms with Crippen molar-refractivity contribution < 1.29 is 4.79 Å². The van der Waals surface area contributed by atoms with Crippen LogP contribution in [0.2, 0.25) is 0 Å². The second-order valence-electron chi connectivity index (χ2n) is 5.03. The number of amides is 1. The summed E-state index contributed by atoms with van der Waals surface area (Å²) in [5.74, 6) is 0.281. The van der Waals surface area contributed by atoms with E-state index in [1.807, 2.05) is 4.90 Å². The molecule has 0 aliphatic carbocycles. The highest BCUT2D eigenvalue weighted by Crippen LogP contribution is 2.14. The number of hydrogen-bond donors (Lipinski definition) is 1. The number of nitrogens with two attached hydrogens (primary N) is 1. The van der Waals surface area contributed by atoms with Gasteiger partial charge in [-0.1, -0.05) is 12.5 Å². The van der Waals surface area contributed by atoms with Gasteiger partial charge >= 0.3 is 0 Å². The summed E-state index contributed by atoms with van der Waals surface area (Å²) < 4.78 is 0. The normalized spacial score (nSPS) is 20.7. The summed E-state index contributed by atoms with van der Waals surface area (Å²) in [4.78, 5) is 15.4. The van der Waals surface area contributed by atoms with Gasteiger partial charge in [-0.05, 0) is 37.1 Å². The van der Waals surface area contributed by atoms with Crippen LogP contribution in [-0.4, -0.2) is 29.9 Å². The number of carbonyl (C=O) groups is 1. The lowest BCUT2D eigenvalue weighted by molar-refractivity contribution is -0.131. The Morgan fingerprint density at radius 1 is 1.50 bits per heavy atom. The van der Waals surface area contributed by atoms with Gasteiger partial charge in [0.05, 0.1) is 0 Å². The fourth-order valence-electron chi connectivity index (χ4n) is 2.43. The van der Waals surface area contributed by atoms with Crippen LogP contribution in [0, 0.1) is 0 Å². The van der Waals surface area contributed by atoms with E-state index in [4.69, 9.17) is 5.73 Å². The van der Waals surface area contributed by atoms with Crippen LogP contribution in [0.25, 0.3) is 0 Å². The molecule has 0 bridgehead atoms. The zero-order valence-corrected chi connectivity index (χ0v) is 11.6. The number of aryl methyl sites for hydroxylation is 1. The maximum absolute atomic E-state index is 12.1. The van der Waals surface area contributed by atoms with Gasteiger partial charge in [0.1, 0.15) is 0 Å². The van der Waals surface area contributed by atoms with Crippen LogP contribution in [0.5, 0.6) is 0 Å². The number of nitrogens with zero attached hydrogens (tertiary/aromatic N) is 1.